The maximum Gasteiger partial charge on any atom is 0.254 e. The molecule has 0 amide bonds. The van der Waals surface area contributed by atoms with Crippen molar-refractivity contribution in [3.05, 3.63) is 42.7 Å². The van der Waals surface area contributed by atoms with E-state index in [-0.39, 0.29) is 0 Å². The molecule has 3 heterocycles. The first-order valence-corrected chi connectivity index (χ1v) is 8.40. The van der Waals surface area contributed by atoms with Crippen molar-refractivity contribution in [2.45, 2.75) is 18.9 Å². The fourth-order valence-electron chi connectivity index (χ4n) is 3.51. The zero-order valence-corrected chi connectivity index (χ0v) is 14.1. The Morgan fingerprint density at radius 1 is 1.21 bits per heavy atom. The third kappa shape index (κ3) is 2.73. The third-order valence-corrected chi connectivity index (χ3v) is 4.55. The molecule has 0 unspecified atom stereocenters. The predicted molar refractivity (Wildman–Crippen MR) is 95.1 cm³/mol. The lowest BCUT2D eigenvalue weighted by Gasteiger charge is -2.29. The largest absolute Gasteiger partial charge is 0.352 e. The van der Waals surface area contributed by atoms with Crippen LogP contribution in [-0.2, 0) is 0 Å². The Hall–Kier alpha value is -2.47. The number of anilines is 1. The maximum absolute atomic E-state index is 4.68. The summed E-state index contributed by atoms with van der Waals surface area (Å²) in [5, 5.41) is 4.40. The van der Waals surface area contributed by atoms with E-state index >= 15 is 0 Å². The highest BCUT2D eigenvalue weighted by Gasteiger charge is 2.28. The lowest BCUT2D eigenvalue weighted by Crippen LogP contribution is -2.38. The van der Waals surface area contributed by atoms with Gasteiger partial charge in [0.25, 0.3) is 5.78 Å². The monoisotopic (exact) mass is 322 g/mol. The molecule has 2 aromatic heterocycles. The number of benzene rings is 1. The molecule has 1 fully saturated rings. The minimum absolute atomic E-state index is 0.499. The van der Waals surface area contributed by atoms with Crippen LogP contribution in [0.5, 0.6) is 0 Å². The van der Waals surface area contributed by atoms with Crippen molar-refractivity contribution < 1.29 is 0 Å². The summed E-state index contributed by atoms with van der Waals surface area (Å²) in [6.07, 6.45) is 3.99. The first-order chi connectivity index (χ1) is 11.7. The second-order valence-electron chi connectivity index (χ2n) is 6.59. The number of hydrogen-bond acceptors (Lipinski definition) is 5. The van der Waals surface area contributed by atoms with Crippen LogP contribution in [-0.4, -0.2) is 57.7 Å². The van der Waals surface area contributed by atoms with Gasteiger partial charge in [0, 0.05) is 30.8 Å². The van der Waals surface area contributed by atoms with Gasteiger partial charge in [0.05, 0.1) is 5.69 Å². The van der Waals surface area contributed by atoms with Crippen molar-refractivity contribution in [2.75, 3.05) is 32.1 Å². The standard InChI is InChI=1S/C18H22N6/c1-22(2)12-15-9-6-10-23(15)17-11-16(14-7-4-3-5-8-14)21-18-19-13-20-24(17)18/h3-5,7-8,11,13,15H,6,9-10,12H2,1-2H3/t15-/m1/s1. The SMILES string of the molecule is CN(C)C[C@H]1CCCN1c1cc(-c2ccccc2)nc2ncnn12. The molecule has 6 nitrogen and oxygen atoms in total. The zero-order chi connectivity index (χ0) is 16.5. The molecule has 3 aromatic rings. The van der Waals surface area contributed by atoms with E-state index in [0.29, 0.717) is 11.8 Å². The van der Waals surface area contributed by atoms with Crippen molar-refractivity contribution >= 4 is 11.6 Å². The van der Waals surface area contributed by atoms with Crippen molar-refractivity contribution in [3.63, 3.8) is 0 Å². The molecule has 4 rings (SSSR count). The van der Waals surface area contributed by atoms with Crippen molar-refractivity contribution in [1.29, 1.82) is 0 Å². The van der Waals surface area contributed by atoms with Crippen molar-refractivity contribution in [2.24, 2.45) is 0 Å². The van der Waals surface area contributed by atoms with Crippen molar-refractivity contribution in [1.82, 2.24) is 24.5 Å². The molecule has 0 saturated carbocycles. The molecule has 1 saturated heterocycles. The Bertz CT molecular complexity index is 826. The highest BCUT2D eigenvalue weighted by molar-refractivity contribution is 5.66. The Morgan fingerprint density at radius 2 is 2.04 bits per heavy atom. The smallest absolute Gasteiger partial charge is 0.254 e. The number of likely N-dealkylation sites (N-methyl/N-ethyl adjacent to an activating group) is 1. The zero-order valence-electron chi connectivity index (χ0n) is 14.1. The van der Waals surface area contributed by atoms with Crippen LogP contribution in [0.25, 0.3) is 17.0 Å². The molecule has 6 heteroatoms. The van der Waals surface area contributed by atoms with E-state index in [9.17, 15) is 0 Å². The fourth-order valence-corrected chi connectivity index (χ4v) is 3.51. The van der Waals surface area contributed by atoms with Gasteiger partial charge in [0.1, 0.15) is 12.1 Å². The van der Waals surface area contributed by atoms with Gasteiger partial charge in [0.15, 0.2) is 0 Å². The molecule has 0 bridgehead atoms. The summed E-state index contributed by atoms with van der Waals surface area (Å²) >= 11 is 0. The molecule has 1 atom stereocenters. The highest BCUT2D eigenvalue weighted by atomic mass is 15.4. The van der Waals surface area contributed by atoms with Crippen LogP contribution in [0, 0.1) is 0 Å². The number of aromatic nitrogens is 4. The summed E-state index contributed by atoms with van der Waals surface area (Å²) in [5.41, 5.74) is 2.05. The van der Waals surface area contributed by atoms with E-state index in [0.717, 1.165) is 30.2 Å². The Kier molecular flexibility index (Phi) is 3.90. The van der Waals surface area contributed by atoms with Gasteiger partial charge >= 0.3 is 0 Å². The predicted octanol–water partition coefficient (Wildman–Crippen LogP) is 2.32. The van der Waals surface area contributed by atoms with Gasteiger partial charge in [-0.2, -0.15) is 14.6 Å². The van der Waals surface area contributed by atoms with E-state index in [2.05, 4.69) is 57.2 Å². The second-order valence-corrected chi connectivity index (χ2v) is 6.59. The molecule has 1 aromatic carbocycles. The van der Waals surface area contributed by atoms with Gasteiger partial charge in [-0.15, -0.1) is 0 Å². The van der Waals surface area contributed by atoms with Gasteiger partial charge in [-0.05, 0) is 26.9 Å². The average molecular weight is 322 g/mol. The summed E-state index contributed by atoms with van der Waals surface area (Å²) in [7, 11) is 4.26. The van der Waals surface area contributed by atoms with Crippen LogP contribution < -0.4 is 4.90 Å². The third-order valence-electron chi connectivity index (χ3n) is 4.55. The Labute approximate surface area is 141 Å². The van der Waals surface area contributed by atoms with E-state index in [1.54, 1.807) is 6.33 Å². The van der Waals surface area contributed by atoms with E-state index < -0.39 is 0 Å². The molecular formula is C18H22N6. The lowest BCUT2D eigenvalue weighted by atomic mass is 10.1. The minimum Gasteiger partial charge on any atom is -0.352 e. The van der Waals surface area contributed by atoms with Crippen LogP contribution in [0.3, 0.4) is 0 Å². The van der Waals surface area contributed by atoms with Crippen LogP contribution in [0.1, 0.15) is 12.8 Å². The molecule has 1 aliphatic rings. The highest BCUT2D eigenvalue weighted by Crippen LogP contribution is 2.29. The summed E-state index contributed by atoms with van der Waals surface area (Å²) in [6.45, 7) is 2.09. The number of rotatable bonds is 4. The number of nitrogens with zero attached hydrogens (tertiary/aromatic N) is 6. The molecule has 0 N–H and O–H groups in total. The average Bonchev–Trinajstić information content (AvgIpc) is 3.23. The minimum atomic E-state index is 0.499. The van der Waals surface area contributed by atoms with E-state index in [4.69, 9.17) is 0 Å². The van der Waals surface area contributed by atoms with Gasteiger partial charge < -0.3 is 9.80 Å². The van der Waals surface area contributed by atoms with Crippen LogP contribution in [0.2, 0.25) is 0 Å². The molecule has 0 aliphatic carbocycles. The maximum atomic E-state index is 4.68. The molecule has 0 radical (unpaired) electrons. The Balaban J connectivity index is 1.80. The van der Waals surface area contributed by atoms with Gasteiger partial charge in [-0.25, -0.2) is 4.98 Å². The molecule has 24 heavy (non-hydrogen) atoms. The summed E-state index contributed by atoms with van der Waals surface area (Å²) in [4.78, 5) is 13.7. The molecule has 1 aliphatic heterocycles. The number of fused-ring (bicyclic) bond motifs is 1. The first-order valence-electron chi connectivity index (χ1n) is 8.40. The van der Waals surface area contributed by atoms with Gasteiger partial charge in [0.2, 0.25) is 0 Å². The van der Waals surface area contributed by atoms with Crippen LogP contribution in [0.4, 0.5) is 5.82 Å². The molecule has 124 valence electrons. The van der Waals surface area contributed by atoms with Gasteiger partial charge in [-0.1, -0.05) is 30.3 Å². The summed E-state index contributed by atoms with van der Waals surface area (Å²) < 4.78 is 1.86. The lowest BCUT2D eigenvalue weighted by molar-refractivity contribution is 0.371. The molecular weight excluding hydrogens is 300 g/mol. The van der Waals surface area contributed by atoms with Gasteiger partial charge in [-0.3, -0.25) is 0 Å². The van der Waals surface area contributed by atoms with Crippen molar-refractivity contribution in [3.8, 4) is 11.3 Å². The summed E-state index contributed by atoms with van der Waals surface area (Å²) in [5.74, 6) is 1.74. The van der Waals surface area contributed by atoms with Crippen LogP contribution >= 0.6 is 0 Å². The topological polar surface area (TPSA) is 49.6 Å². The second kappa shape index (κ2) is 6.20. The van der Waals surface area contributed by atoms with E-state index in [1.165, 1.54) is 12.8 Å². The normalized spacial score (nSPS) is 18.0. The Morgan fingerprint density at radius 3 is 2.83 bits per heavy atom. The first kappa shape index (κ1) is 15.1. The quantitative estimate of drug-likeness (QED) is 0.738. The van der Waals surface area contributed by atoms with Crippen LogP contribution in [0.15, 0.2) is 42.7 Å². The number of hydrogen-bond donors (Lipinski definition) is 0. The van der Waals surface area contributed by atoms with E-state index in [1.807, 2.05) is 22.7 Å². The fraction of sp³-hybridized carbons (Fsp3) is 0.389. The molecule has 0 spiro atoms. The summed E-state index contributed by atoms with van der Waals surface area (Å²) in [6, 6.07) is 12.9.